The number of unbranched alkanes of at least 4 members (excludes halogenated alkanes) is 2. The van der Waals surface area contributed by atoms with E-state index in [9.17, 15) is 19.8 Å². The van der Waals surface area contributed by atoms with Gasteiger partial charge in [-0.25, -0.2) is 0 Å². The monoisotopic (exact) mass is 459 g/mol. The average Bonchev–Trinajstić information content (AvgIpc) is 3.10. The molecule has 0 radical (unpaired) electrons. The van der Waals surface area contributed by atoms with Crippen LogP contribution in [0.1, 0.15) is 50.3 Å². The number of nitrogens with zero attached hydrogens (tertiary/aromatic N) is 1. The Kier molecular flexibility index (Phi) is 6.87. The van der Waals surface area contributed by atoms with Gasteiger partial charge < -0.3 is 19.8 Å². The van der Waals surface area contributed by atoms with Crippen molar-refractivity contribution in [3.05, 3.63) is 77.4 Å². The number of hydrogen-bond acceptors (Lipinski definition) is 5. The van der Waals surface area contributed by atoms with Crippen LogP contribution in [0, 0.1) is 0 Å². The number of hydrogen-bond donors (Lipinski definition) is 2. The Labute approximate surface area is 199 Å². The first-order valence-electron chi connectivity index (χ1n) is 11.7. The number of aromatic hydroxyl groups is 1. The lowest BCUT2D eigenvalue weighted by atomic mass is 9.94. The first-order valence-corrected chi connectivity index (χ1v) is 11.7. The second kappa shape index (κ2) is 10.00. The first-order chi connectivity index (χ1) is 16.5. The maximum absolute atomic E-state index is 13.2. The van der Waals surface area contributed by atoms with Crippen LogP contribution in [0.2, 0.25) is 0 Å². The fourth-order valence-electron chi connectivity index (χ4n) is 4.45. The lowest BCUT2D eigenvalue weighted by Crippen LogP contribution is -2.30. The molecule has 3 aromatic rings. The van der Waals surface area contributed by atoms with Crippen molar-refractivity contribution in [2.24, 2.45) is 0 Å². The number of aliphatic hydroxyl groups excluding tert-OH is 1. The lowest BCUT2D eigenvalue weighted by Gasteiger charge is -2.26. The smallest absolute Gasteiger partial charge is 0.295 e. The Morgan fingerprint density at radius 1 is 0.971 bits per heavy atom. The number of ether oxygens (including phenoxy) is 1. The zero-order valence-corrected chi connectivity index (χ0v) is 19.5. The van der Waals surface area contributed by atoms with Gasteiger partial charge in [0.15, 0.2) is 11.5 Å². The molecule has 6 heteroatoms. The number of Topliss-reactive ketones (excluding diaryl/α,β-unsaturated/α-hetero) is 1. The summed E-state index contributed by atoms with van der Waals surface area (Å²) in [4.78, 5) is 27.8. The summed E-state index contributed by atoms with van der Waals surface area (Å²) < 4.78 is 5.54. The number of phenolic OH excluding ortho intramolecular Hbond substituents is 1. The van der Waals surface area contributed by atoms with E-state index in [0.29, 0.717) is 24.3 Å². The average molecular weight is 460 g/mol. The van der Waals surface area contributed by atoms with Crippen molar-refractivity contribution >= 4 is 28.2 Å². The van der Waals surface area contributed by atoms with Gasteiger partial charge in [-0.3, -0.25) is 9.59 Å². The van der Waals surface area contributed by atoms with Crippen molar-refractivity contribution < 1.29 is 24.5 Å². The molecular formula is C28H29NO5. The molecule has 0 spiro atoms. The van der Waals surface area contributed by atoms with Crippen molar-refractivity contribution in [2.75, 3.05) is 13.2 Å². The largest absolute Gasteiger partial charge is 0.507 e. The maximum atomic E-state index is 13.2. The van der Waals surface area contributed by atoms with Crippen LogP contribution in [0.15, 0.2) is 66.2 Å². The SMILES string of the molecule is CCCCCN1C(=O)C(=O)/C(=C(/O)c2ccc3ccccc3c2)C1c1ccc(O)c(OCC)c1. The van der Waals surface area contributed by atoms with Crippen LogP contribution in [0.25, 0.3) is 16.5 Å². The van der Waals surface area contributed by atoms with Gasteiger partial charge in [-0.2, -0.15) is 0 Å². The summed E-state index contributed by atoms with van der Waals surface area (Å²) in [5.74, 6) is -1.31. The maximum Gasteiger partial charge on any atom is 0.295 e. The molecule has 3 aromatic carbocycles. The summed E-state index contributed by atoms with van der Waals surface area (Å²) in [6.07, 6.45) is 2.63. The zero-order chi connectivity index (χ0) is 24.2. The molecule has 1 atom stereocenters. The Bertz CT molecular complexity index is 1260. The van der Waals surface area contributed by atoms with Crippen molar-refractivity contribution in [3.63, 3.8) is 0 Å². The third-order valence-corrected chi connectivity index (χ3v) is 6.16. The molecule has 6 nitrogen and oxygen atoms in total. The van der Waals surface area contributed by atoms with Crippen LogP contribution in [-0.2, 0) is 9.59 Å². The Hall–Kier alpha value is -3.80. The highest BCUT2D eigenvalue weighted by molar-refractivity contribution is 6.46. The minimum Gasteiger partial charge on any atom is -0.507 e. The molecule has 1 heterocycles. The molecule has 2 N–H and O–H groups in total. The highest BCUT2D eigenvalue weighted by Crippen LogP contribution is 2.42. The van der Waals surface area contributed by atoms with Crippen molar-refractivity contribution in [1.82, 2.24) is 4.90 Å². The summed E-state index contributed by atoms with van der Waals surface area (Å²) in [6, 6.07) is 17.2. The van der Waals surface area contributed by atoms with Crippen LogP contribution in [0.3, 0.4) is 0 Å². The molecule has 34 heavy (non-hydrogen) atoms. The molecule has 0 saturated carbocycles. The van der Waals surface area contributed by atoms with Gasteiger partial charge in [-0.1, -0.05) is 62.2 Å². The number of aliphatic hydroxyl groups is 1. The molecule has 1 aliphatic heterocycles. The number of carbonyl (C=O) groups excluding carboxylic acids is 2. The van der Waals surface area contributed by atoms with E-state index in [1.54, 1.807) is 18.2 Å². The van der Waals surface area contributed by atoms with Gasteiger partial charge in [0.1, 0.15) is 5.76 Å². The Morgan fingerprint density at radius 3 is 2.47 bits per heavy atom. The predicted molar refractivity (Wildman–Crippen MR) is 132 cm³/mol. The quantitative estimate of drug-likeness (QED) is 0.199. The Morgan fingerprint density at radius 2 is 1.74 bits per heavy atom. The van der Waals surface area contributed by atoms with Gasteiger partial charge in [0.2, 0.25) is 0 Å². The Balaban J connectivity index is 1.86. The number of ketones is 1. The third-order valence-electron chi connectivity index (χ3n) is 6.16. The molecule has 176 valence electrons. The van der Waals surface area contributed by atoms with Crippen LogP contribution in [-0.4, -0.2) is 40.0 Å². The summed E-state index contributed by atoms with van der Waals surface area (Å²) in [6.45, 7) is 4.62. The molecule has 1 fully saturated rings. The summed E-state index contributed by atoms with van der Waals surface area (Å²) in [5.41, 5.74) is 1.11. The zero-order valence-electron chi connectivity index (χ0n) is 19.5. The topological polar surface area (TPSA) is 87.1 Å². The van der Waals surface area contributed by atoms with Crippen molar-refractivity contribution in [1.29, 1.82) is 0 Å². The molecule has 1 aliphatic rings. The second-order valence-corrected chi connectivity index (χ2v) is 8.42. The highest BCUT2D eigenvalue weighted by Gasteiger charge is 2.46. The summed E-state index contributed by atoms with van der Waals surface area (Å²) in [7, 11) is 0. The minimum absolute atomic E-state index is 0.0249. The van der Waals surface area contributed by atoms with Crippen LogP contribution in [0.5, 0.6) is 11.5 Å². The van der Waals surface area contributed by atoms with E-state index in [4.69, 9.17) is 4.74 Å². The van der Waals surface area contributed by atoms with E-state index in [1.807, 2.05) is 43.3 Å². The van der Waals surface area contributed by atoms with E-state index >= 15 is 0 Å². The van der Waals surface area contributed by atoms with Gasteiger partial charge >= 0.3 is 0 Å². The number of phenols is 1. The second-order valence-electron chi connectivity index (χ2n) is 8.42. The van der Waals surface area contributed by atoms with Crippen molar-refractivity contribution in [3.8, 4) is 11.5 Å². The molecule has 4 rings (SSSR count). The van der Waals surface area contributed by atoms with Crippen LogP contribution >= 0.6 is 0 Å². The number of likely N-dealkylation sites (tertiary alicyclic amines) is 1. The predicted octanol–water partition coefficient (Wildman–Crippen LogP) is 5.56. The fraction of sp³-hybridized carbons (Fsp3) is 0.286. The van der Waals surface area contributed by atoms with E-state index < -0.39 is 17.7 Å². The van der Waals surface area contributed by atoms with Crippen LogP contribution in [0.4, 0.5) is 0 Å². The number of amides is 1. The molecule has 1 saturated heterocycles. The molecule has 0 aromatic heterocycles. The highest BCUT2D eigenvalue weighted by atomic mass is 16.5. The fourth-order valence-corrected chi connectivity index (χ4v) is 4.45. The van der Waals surface area contributed by atoms with Gasteiger partial charge in [-0.15, -0.1) is 0 Å². The minimum atomic E-state index is -0.775. The lowest BCUT2D eigenvalue weighted by molar-refractivity contribution is -0.139. The molecule has 1 amide bonds. The van der Waals surface area contributed by atoms with Crippen molar-refractivity contribution in [2.45, 2.75) is 39.2 Å². The third kappa shape index (κ3) is 4.36. The molecule has 0 bridgehead atoms. The van der Waals surface area contributed by atoms with E-state index in [1.165, 1.54) is 11.0 Å². The van der Waals surface area contributed by atoms with Gasteiger partial charge in [0.25, 0.3) is 11.7 Å². The van der Waals surface area contributed by atoms with Crippen LogP contribution < -0.4 is 4.74 Å². The van der Waals surface area contributed by atoms with E-state index in [-0.39, 0.29) is 22.8 Å². The number of benzene rings is 3. The number of rotatable bonds is 8. The first kappa shape index (κ1) is 23.4. The van der Waals surface area contributed by atoms with E-state index in [0.717, 1.165) is 30.0 Å². The standard InChI is InChI=1S/C28H29NO5/c1-3-5-8-15-29-25(20-13-14-22(30)23(17-20)34-4-2)24(27(32)28(29)33)26(31)21-12-11-18-9-6-7-10-19(18)16-21/h6-7,9-14,16-17,25,30-31H,3-5,8,15H2,1-2H3/b26-24+. The normalized spacial score (nSPS) is 17.5. The molecule has 0 aliphatic carbocycles. The van der Waals surface area contributed by atoms with Gasteiger partial charge in [0.05, 0.1) is 18.2 Å². The number of fused-ring (bicyclic) bond motifs is 1. The molecule has 1 unspecified atom stereocenters. The summed E-state index contributed by atoms with van der Waals surface area (Å²) >= 11 is 0. The molecular weight excluding hydrogens is 430 g/mol. The van der Waals surface area contributed by atoms with E-state index in [2.05, 4.69) is 6.92 Å². The number of carbonyl (C=O) groups is 2. The van der Waals surface area contributed by atoms with Gasteiger partial charge in [0, 0.05) is 12.1 Å². The summed E-state index contributed by atoms with van der Waals surface area (Å²) in [5, 5.41) is 23.4. The van der Waals surface area contributed by atoms with Gasteiger partial charge in [-0.05, 0) is 47.9 Å².